The lowest BCUT2D eigenvalue weighted by molar-refractivity contribution is -0.149. The van der Waals surface area contributed by atoms with Gasteiger partial charge in [0.05, 0.1) is 11.4 Å². The van der Waals surface area contributed by atoms with Gasteiger partial charge in [0.1, 0.15) is 18.6 Å². The summed E-state index contributed by atoms with van der Waals surface area (Å²) in [5.41, 5.74) is 1.06. The van der Waals surface area contributed by atoms with Crippen molar-refractivity contribution in [2.24, 2.45) is 5.92 Å². The number of carboxylic acids is 1. The zero-order valence-corrected chi connectivity index (χ0v) is 15.8. The van der Waals surface area contributed by atoms with Gasteiger partial charge in [-0.1, -0.05) is 26.0 Å². The molecule has 0 aromatic heterocycles. The summed E-state index contributed by atoms with van der Waals surface area (Å²) in [6.07, 6.45) is 1.01. The third kappa shape index (κ3) is 3.78. The highest BCUT2D eigenvalue weighted by Gasteiger charge is 2.39. The number of carboxylic acid groups (broad SMARTS) is 1. The molecule has 0 aliphatic carbocycles. The van der Waals surface area contributed by atoms with Crippen molar-refractivity contribution in [3.63, 3.8) is 0 Å². The molecule has 1 saturated heterocycles. The summed E-state index contributed by atoms with van der Waals surface area (Å²) in [5.74, 6) is -2.03. The van der Waals surface area contributed by atoms with Crippen LogP contribution in [0.25, 0.3) is 0 Å². The van der Waals surface area contributed by atoms with Crippen molar-refractivity contribution in [3.8, 4) is 0 Å². The van der Waals surface area contributed by atoms with Gasteiger partial charge in [-0.3, -0.25) is 14.5 Å². The molecule has 2 heterocycles. The number of likely N-dealkylation sites (tertiary alicyclic amines) is 1. The standard InChI is InChI=1S/C19H24N4O5/c1-11(2)16(17(25)22-9-5-8-14(22)18(26)27)21-19(28)23-10-15(24)20-12-6-3-4-7-13(12)23/h3-4,6-7,11,14,16H,5,8-10H2,1-2H3,(H,20,24)(H,21,28)(H,26,27)/t14-,16+/m1/s1. The molecule has 9 nitrogen and oxygen atoms in total. The Labute approximate surface area is 162 Å². The molecule has 2 atom stereocenters. The topological polar surface area (TPSA) is 119 Å². The Morgan fingerprint density at radius 1 is 1.25 bits per heavy atom. The Hall–Kier alpha value is -3.10. The number of fused-ring (bicyclic) bond motifs is 1. The van der Waals surface area contributed by atoms with Crippen LogP contribution in [0.1, 0.15) is 26.7 Å². The van der Waals surface area contributed by atoms with Gasteiger partial charge in [0.15, 0.2) is 0 Å². The first-order valence-corrected chi connectivity index (χ1v) is 9.29. The predicted octanol–water partition coefficient (Wildman–Crippen LogP) is 1.25. The molecule has 2 aliphatic rings. The van der Waals surface area contributed by atoms with E-state index in [-0.39, 0.29) is 18.4 Å². The quantitative estimate of drug-likeness (QED) is 0.717. The number of benzene rings is 1. The van der Waals surface area contributed by atoms with Crippen molar-refractivity contribution in [3.05, 3.63) is 24.3 Å². The van der Waals surface area contributed by atoms with Crippen molar-refractivity contribution in [2.75, 3.05) is 23.3 Å². The second-order valence-corrected chi connectivity index (χ2v) is 7.35. The smallest absolute Gasteiger partial charge is 0.326 e. The van der Waals surface area contributed by atoms with Gasteiger partial charge >= 0.3 is 12.0 Å². The molecule has 3 N–H and O–H groups in total. The van der Waals surface area contributed by atoms with Crippen LogP contribution in [0.5, 0.6) is 0 Å². The molecule has 4 amide bonds. The van der Waals surface area contributed by atoms with Crippen LogP contribution in [0.4, 0.5) is 16.2 Å². The fourth-order valence-corrected chi connectivity index (χ4v) is 3.60. The second kappa shape index (κ2) is 7.87. The van der Waals surface area contributed by atoms with Gasteiger partial charge in [-0.25, -0.2) is 9.59 Å². The first-order valence-electron chi connectivity index (χ1n) is 9.29. The maximum absolute atomic E-state index is 13.0. The molecule has 0 bridgehead atoms. The highest BCUT2D eigenvalue weighted by Crippen LogP contribution is 2.29. The maximum atomic E-state index is 13.0. The van der Waals surface area contributed by atoms with Crippen LogP contribution in [0, 0.1) is 5.92 Å². The zero-order valence-electron chi connectivity index (χ0n) is 15.8. The molecular weight excluding hydrogens is 364 g/mol. The van der Waals surface area contributed by atoms with Crippen LogP contribution in [0.15, 0.2) is 24.3 Å². The predicted molar refractivity (Wildman–Crippen MR) is 102 cm³/mol. The molecule has 0 unspecified atom stereocenters. The van der Waals surface area contributed by atoms with Gasteiger partial charge in [-0.05, 0) is 30.9 Å². The van der Waals surface area contributed by atoms with Gasteiger partial charge in [0, 0.05) is 6.54 Å². The number of aliphatic carboxylic acids is 1. The molecular formula is C19H24N4O5. The Balaban J connectivity index is 1.79. The fraction of sp³-hybridized carbons (Fsp3) is 0.474. The Bertz CT molecular complexity index is 809. The second-order valence-electron chi connectivity index (χ2n) is 7.35. The van der Waals surface area contributed by atoms with Crippen LogP contribution in [0.3, 0.4) is 0 Å². The molecule has 9 heteroatoms. The molecule has 150 valence electrons. The van der Waals surface area contributed by atoms with Crippen LogP contribution in [-0.4, -0.2) is 59.0 Å². The minimum atomic E-state index is -1.04. The number of amides is 4. The van der Waals surface area contributed by atoms with E-state index >= 15 is 0 Å². The highest BCUT2D eigenvalue weighted by atomic mass is 16.4. The van der Waals surface area contributed by atoms with E-state index in [4.69, 9.17) is 0 Å². The normalized spacial score (nSPS) is 19.8. The summed E-state index contributed by atoms with van der Waals surface area (Å²) in [6, 6.07) is 4.59. The van der Waals surface area contributed by atoms with Crippen molar-refractivity contribution in [1.82, 2.24) is 10.2 Å². The number of nitrogens with zero attached hydrogens (tertiary/aromatic N) is 2. The van der Waals surface area contributed by atoms with Crippen LogP contribution in [-0.2, 0) is 14.4 Å². The third-order valence-electron chi connectivity index (χ3n) is 5.05. The van der Waals surface area contributed by atoms with Gasteiger partial charge in [0.2, 0.25) is 11.8 Å². The molecule has 2 aliphatic heterocycles. The van der Waals surface area contributed by atoms with Gasteiger partial charge in [0.25, 0.3) is 0 Å². The summed E-state index contributed by atoms with van der Waals surface area (Å²) in [4.78, 5) is 51.9. The van der Waals surface area contributed by atoms with Crippen molar-refractivity contribution >= 4 is 35.2 Å². The van der Waals surface area contributed by atoms with Crippen molar-refractivity contribution in [1.29, 1.82) is 0 Å². The number of carbonyl (C=O) groups is 4. The van der Waals surface area contributed by atoms with E-state index in [1.54, 1.807) is 38.1 Å². The van der Waals surface area contributed by atoms with Crippen LogP contribution in [0.2, 0.25) is 0 Å². The van der Waals surface area contributed by atoms with Crippen molar-refractivity contribution < 1.29 is 24.3 Å². The summed E-state index contributed by atoms with van der Waals surface area (Å²) in [6.45, 7) is 3.75. The molecule has 0 radical (unpaired) electrons. The lowest BCUT2D eigenvalue weighted by Crippen LogP contribution is -2.57. The van der Waals surface area contributed by atoms with Crippen molar-refractivity contribution in [2.45, 2.75) is 38.8 Å². The summed E-state index contributed by atoms with van der Waals surface area (Å²) in [5, 5.41) is 14.8. The number of hydrogen-bond donors (Lipinski definition) is 3. The molecule has 28 heavy (non-hydrogen) atoms. The van der Waals surface area contributed by atoms with Crippen LogP contribution >= 0.6 is 0 Å². The van der Waals surface area contributed by atoms with Gasteiger partial charge in [-0.2, -0.15) is 0 Å². The lowest BCUT2D eigenvalue weighted by atomic mass is 10.0. The van der Waals surface area contributed by atoms with E-state index < -0.39 is 30.0 Å². The SMILES string of the molecule is CC(C)[C@H](NC(=O)N1CC(=O)Nc2ccccc21)C(=O)N1CCC[C@@H]1C(=O)O. The van der Waals surface area contributed by atoms with E-state index in [9.17, 15) is 24.3 Å². The molecule has 1 aromatic rings. The number of nitrogens with one attached hydrogen (secondary N) is 2. The molecule has 1 aromatic carbocycles. The largest absolute Gasteiger partial charge is 0.480 e. The monoisotopic (exact) mass is 388 g/mol. The van der Waals surface area contributed by atoms with E-state index in [2.05, 4.69) is 10.6 Å². The van der Waals surface area contributed by atoms with E-state index in [1.807, 2.05) is 0 Å². The van der Waals surface area contributed by atoms with Gasteiger partial charge < -0.3 is 20.6 Å². The first-order chi connectivity index (χ1) is 13.3. The fourth-order valence-electron chi connectivity index (χ4n) is 3.60. The Morgan fingerprint density at radius 3 is 2.64 bits per heavy atom. The maximum Gasteiger partial charge on any atom is 0.326 e. The number of carbonyl (C=O) groups excluding carboxylic acids is 3. The van der Waals surface area contributed by atoms with E-state index in [0.29, 0.717) is 30.8 Å². The summed E-state index contributed by atoms with van der Waals surface area (Å²) >= 11 is 0. The first kappa shape index (κ1) is 19.7. The molecule has 0 spiro atoms. The minimum absolute atomic E-state index is 0.163. The van der Waals surface area contributed by atoms with E-state index in [1.165, 1.54) is 9.80 Å². The number of urea groups is 1. The number of para-hydroxylation sites is 2. The summed E-state index contributed by atoms with van der Waals surface area (Å²) < 4.78 is 0. The van der Waals surface area contributed by atoms with Crippen LogP contribution < -0.4 is 15.5 Å². The molecule has 3 rings (SSSR count). The van der Waals surface area contributed by atoms with Gasteiger partial charge in [-0.15, -0.1) is 0 Å². The molecule has 1 fully saturated rings. The third-order valence-corrected chi connectivity index (χ3v) is 5.05. The Kier molecular flexibility index (Phi) is 5.53. The average molecular weight is 388 g/mol. The average Bonchev–Trinajstić information content (AvgIpc) is 3.14. The minimum Gasteiger partial charge on any atom is -0.480 e. The highest BCUT2D eigenvalue weighted by molar-refractivity contribution is 6.10. The number of rotatable bonds is 4. The zero-order chi connectivity index (χ0) is 20.4. The Morgan fingerprint density at radius 2 is 1.96 bits per heavy atom. The van der Waals surface area contributed by atoms with E-state index in [0.717, 1.165) is 0 Å². The summed E-state index contributed by atoms with van der Waals surface area (Å²) in [7, 11) is 0. The molecule has 0 saturated carbocycles. The lowest BCUT2D eigenvalue weighted by Gasteiger charge is -2.33. The number of anilines is 2. The number of hydrogen-bond acceptors (Lipinski definition) is 4.